The van der Waals surface area contributed by atoms with Crippen LogP contribution in [0.5, 0.6) is 0 Å². The molecule has 1 aliphatic heterocycles. The van der Waals surface area contributed by atoms with Crippen molar-refractivity contribution in [1.82, 2.24) is 5.32 Å². The summed E-state index contributed by atoms with van der Waals surface area (Å²) in [7, 11) is 0. The first-order chi connectivity index (χ1) is 6.90. The lowest BCUT2D eigenvalue weighted by Gasteiger charge is -2.21. The standard InChI is InChI=1S/C11H14N2S/c12-4-3-11-6-10(8-14-11)9-2-1-5-13-7-9/h6,8-9,13H,1-3,5,7H2. The topological polar surface area (TPSA) is 35.8 Å². The van der Waals surface area contributed by atoms with E-state index in [0.717, 1.165) is 13.1 Å². The number of rotatable bonds is 2. The highest BCUT2D eigenvalue weighted by Crippen LogP contribution is 2.27. The number of hydrogen-bond donors (Lipinski definition) is 1. The van der Waals surface area contributed by atoms with Gasteiger partial charge in [-0.25, -0.2) is 0 Å². The van der Waals surface area contributed by atoms with Crippen LogP contribution in [-0.2, 0) is 6.42 Å². The minimum absolute atomic E-state index is 0.560. The van der Waals surface area contributed by atoms with Gasteiger partial charge in [-0.2, -0.15) is 5.26 Å². The Morgan fingerprint density at radius 2 is 2.57 bits per heavy atom. The number of nitrogens with zero attached hydrogens (tertiary/aromatic N) is 1. The van der Waals surface area contributed by atoms with E-state index in [4.69, 9.17) is 5.26 Å². The highest BCUT2D eigenvalue weighted by Gasteiger charge is 2.16. The third-order valence-electron chi connectivity index (χ3n) is 2.70. The monoisotopic (exact) mass is 206 g/mol. The van der Waals surface area contributed by atoms with Crippen molar-refractivity contribution in [2.24, 2.45) is 0 Å². The van der Waals surface area contributed by atoms with E-state index in [0.29, 0.717) is 12.3 Å². The molecule has 14 heavy (non-hydrogen) atoms. The van der Waals surface area contributed by atoms with Gasteiger partial charge in [-0.3, -0.25) is 0 Å². The van der Waals surface area contributed by atoms with Gasteiger partial charge < -0.3 is 5.32 Å². The summed E-state index contributed by atoms with van der Waals surface area (Å²) in [5, 5.41) is 14.2. The minimum Gasteiger partial charge on any atom is -0.316 e. The fourth-order valence-corrected chi connectivity index (χ4v) is 2.82. The first-order valence-corrected chi connectivity index (χ1v) is 5.93. The smallest absolute Gasteiger partial charge is 0.0695 e. The van der Waals surface area contributed by atoms with E-state index < -0.39 is 0 Å². The lowest BCUT2D eigenvalue weighted by atomic mass is 9.93. The van der Waals surface area contributed by atoms with Gasteiger partial charge in [0, 0.05) is 11.4 Å². The third kappa shape index (κ3) is 2.14. The molecule has 1 aliphatic rings. The number of nitriles is 1. The summed E-state index contributed by atoms with van der Waals surface area (Å²) in [5.41, 5.74) is 1.42. The Hall–Kier alpha value is -0.850. The van der Waals surface area contributed by atoms with Crippen molar-refractivity contribution < 1.29 is 0 Å². The second kappa shape index (κ2) is 4.59. The van der Waals surface area contributed by atoms with Gasteiger partial charge in [0.2, 0.25) is 0 Å². The lowest BCUT2D eigenvalue weighted by molar-refractivity contribution is 0.462. The van der Waals surface area contributed by atoms with E-state index in [1.54, 1.807) is 11.3 Å². The molecule has 0 spiro atoms. The van der Waals surface area contributed by atoms with Crippen LogP contribution in [0.2, 0.25) is 0 Å². The van der Waals surface area contributed by atoms with E-state index in [1.165, 1.54) is 23.3 Å². The average molecular weight is 206 g/mol. The molecule has 0 amide bonds. The Bertz CT molecular complexity index is 331. The largest absolute Gasteiger partial charge is 0.316 e. The molecule has 2 nitrogen and oxygen atoms in total. The quantitative estimate of drug-likeness (QED) is 0.805. The summed E-state index contributed by atoms with van der Waals surface area (Å²) in [6, 6.07) is 4.39. The lowest BCUT2D eigenvalue weighted by Crippen LogP contribution is -2.28. The molecule has 1 fully saturated rings. The normalized spacial score (nSPS) is 21.8. The molecule has 0 aromatic carbocycles. The molecule has 3 heteroatoms. The number of thiophene rings is 1. The van der Waals surface area contributed by atoms with Crippen molar-refractivity contribution in [3.05, 3.63) is 21.9 Å². The summed E-state index contributed by atoms with van der Waals surface area (Å²) in [4.78, 5) is 1.20. The summed E-state index contributed by atoms with van der Waals surface area (Å²) >= 11 is 1.72. The first kappa shape index (κ1) is 9.70. The van der Waals surface area contributed by atoms with E-state index in [1.807, 2.05) is 0 Å². The first-order valence-electron chi connectivity index (χ1n) is 5.05. The van der Waals surface area contributed by atoms with Crippen LogP contribution in [0.15, 0.2) is 11.4 Å². The van der Waals surface area contributed by atoms with Gasteiger partial charge in [-0.15, -0.1) is 11.3 Å². The van der Waals surface area contributed by atoms with Crippen LogP contribution in [0.1, 0.15) is 29.2 Å². The van der Waals surface area contributed by atoms with Crippen LogP contribution in [0, 0.1) is 11.3 Å². The molecule has 1 saturated heterocycles. The molecular formula is C11H14N2S. The molecule has 1 aromatic heterocycles. The van der Waals surface area contributed by atoms with E-state index in [9.17, 15) is 0 Å². The Morgan fingerprint density at radius 1 is 1.64 bits per heavy atom. The zero-order chi connectivity index (χ0) is 9.80. The molecule has 1 atom stereocenters. The van der Waals surface area contributed by atoms with Crippen LogP contribution in [0.4, 0.5) is 0 Å². The van der Waals surface area contributed by atoms with Crippen molar-refractivity contribution in [2.45, 2.75) is 25.2 Å². The maximum absolute atomic E-state index is 8.58. The summed E-state index contributed by atoms with van der Waals surface area (Å²) in [6.07, 6.45) is 3.12. The summed E-state index contributed by atoms with van der Waals surface area (Å²) in [5.74, 6) is 0.674. The molecule has 0 aliphatic carbocycles. The van der Waals surface area contributed by atoms with Crippen LogP contribution >= 0.6 is 11.3 Å². The summed E-state index contributed by atoms with van der Waals surface area (Å²) < 4.78 is 0. The maximum atomic E-state index is 8.58. The van der Waals surface area contributed by atoms with Crippen molar-refractivity contribution in [1.29, 1.82) is 5.26 Å². The summed E-state index contributed by atoms with van der Waals surface area (Å²) in [6.45, 7) is 2.26. The molecule has 0 saturated carbocycles. The SMILES string of the molecule is N#CCc1cc(C2CCCNC2)cs1. The molecule has 0 bridgehead atoms. The molecule has 2 rings (SSSR count). The molecule has 1 N–H and O–H groups in total. The van der Waals surface area contributed by atoms with Crippen molar-refractivity contribution >= 4 is 11.3 Å². The highest BCUT2D eigenvalue weighted by molar-refractivity contribution is 7.10. The van der Waals surface area contributed by atoms with Crippen molar-refractivity contribution in [3.8, 4) is 6.07 Å². The van der Waals surface area contributed by atoms with Gasteiger partial charge in [0.25, 0.3) is 0 Å². The Kier molecular flexibility index (Phi) is 3.18. The molecule has 2 heterocycles. The number of nitrogens with one attached hydrogen (secondary N) is 1. The van der Waals surface area contributed by atoms with Gasteiger partial charge in [0.1, 0.15) is 0 Å². The van der Waals surface area contributed by atoms with E-state index in [2.05, 4.69) is 22.8 Å². The van der Waals surface area contributed by atoms with Crippen LogP contribution in [-0.4, -0.2) is 13.1 Å². The molecule has 0 radical (unpaired) electrons. The predicted molar refractivity (Wildman–Crippen MR) is 58.5 cm³/mol. The van der Waals surface area contributed by atoms with Crippen molar-refractivity contribution in [3.63, 3.8) is 0 Å². The van der Waals surface area contributed by atoms with Crippen LogP contribution in [0.3, 0.4) is 0 Å². The Morgan fingerprint density at radius 3 is 3.29 bits per heavy atom. The highest BCUT2D eigenvalue weighted by atomic mass is 32.1. The van der Waals surface area contributed by atoms with Crippen LogP contribution < -0.4 is 5.32 Å². The Labute approximate surface area is 88.6 Å². The zero-order valence-corrected chi connectivity index (χ0v) is 8.94. The molecule has 74 valence electrons. The third-order valence-corrected chi connectivity index (χ3v) is 3.65. The minimum atomic E-state index is 0.560. The maximum Gasteiger partial charge on any atom is 0.0695 e. The fraction of sp³-hybridized carbons (Fsp3) is 0.545. The van der Waals surface area contributed by atoms with Gasteiger partial charge >= 0.3 is 0 Å². The fourth-order valence-electron chi connectivity index (χ4n) is 1.92. The van der Waals surface area contributed by atoms with Gasteiger partial charge in [-0.05, 0) is 42.3 Å². The molecule has 1 unspecified atom stereocenters. The predicted octanol–water partition coefficient (Wildman–Crippen LogP) is 2.28. The van der Waals surface area contributed by atoms with E-state index in [-0.39, 0.29) is 0 Å². The van der Waals surface area contributed by atoms with Crippen molar-refractivity contribution in [2.75, 3.05) is 13.1 Å². The average Bonchev–Trinajstić information content (AvgIpc) is 2.68. The molecule has 1 aromatic rings. The second-order valence-electron chi connectivity index (χ2n) is 3.72. The van der Waals surface area contributed by atoms with Gasteiger partial charge in [-0.1, -0.05) is 0 Å². The van der Waals surface area contributed by atoms with Crippen LogP contribution in [0.25, 0.3) is 0 Å². The number of piperidine rings is 1. The Balaban J connectivity index is 2.04. The van der Waals surface area contributed by atoms with E-state index >= 15 is 0 Å². The van der Waals surface area contributed by atoms with Gasteiger partial charge in [0.05, 0.1) is 12.5 Å². The second-order valence-corrected chi connectivity index (χ2v) is 4.72. The number of hydrogen-bond acceptors (Lipinski definition) is 3. The zero-order valence-electron chi connectivity index (χ0n) is 8.12. The molecular weight excluding hydrogens is 192 g/mol. The van der Waals surface area contributed by atoms with Gasteiger partial charge in [0.15, 0.2) is 0 Å².